The molecule has 0 spiro atoms. The van der Waals surface area contributed by atoms with E-state index in [4.69, 9.17) is 14.2 Å². The van der Waals surface area contributed by atoms with Crippen LogP contribution in [0.15, 0.2) is 42.5 Å². The van der Waals surface area contributed by atoms with E-state index in [1.807, 2.05) is 6.92 Å². The van der Waals surface area contributed by atoms with Crippen molar-refractivity contribution in [3.8, 4) is 11.5 Å². The summed E-state index contributed by atoms with van der Waals surface area (Å²) in [6.45, 7) is 4.63. The molecule has 0 N–H and O–H groups in total. The van der Waals surface area contributed by atoms with Crippen LogP contribution in [0.3, 0.4) is 0 Å². The molecule has 2 aromatic carbocycles. The fourth-order valence-corrected chi connectivity index (χ4v) is 1.98. The molecule has 0 aliphatic rings. The second-order valence-corrected chi connectivity index (χ2v) is 4.73. The van der Waals surface area contributed by atoms with E-state index < -0.39 is 5.97 Å². The van der Waals surface area contributed by atoms with Crippen molar-refractivity contribution in [3.05, 3.63) is 59.4 Å². The quantitative estimate of drug-likeness (QED) is 0.724. The van der Waals surface area contributed by atoms with Crippen LogP contribution >= 0.6 is 0 Å². The first kappa shape index (κ1) is 16.8. The van der Waals surface area contributed by atoms with Gasteiger partial charge in [-0.25, -0.2) is 9.18 Å². The Hall–Kier alpha value is -2.56. The lowest BCUT2D eigenvalue weighted by molar-refractivity contribution is 0.0525. The summed E-state index contributed by atoms with van der Waals surface area (Å²) in [6.07, 6.45) is 0. The molecule has 0 heterocycles. The maximum atomic E-state index is 12.9. The summed E-state index contributed by atoms with van der Waals surface area (Å²) in [4.78, 5) is 11.8. The van der Waals surface area contributed by atoms with Gasteiger partial charge in [-0.15, -0.1) is 0 Å². The predicted molar refractivity (Wildman–Crippen MR) is 84.3 cm³/mol. The van der Waals surface area contributed by atoms with Crippen molar-refractivity contribution in [1.29, 1.82) is 0 Å². The monoisotopic (exact) mass is 318 g/mol. The standard InChI is InChI=1S/C18H19FO4/c1-3-21-17-11-14(18(20)22-4-2)7-10-16(17)23-12-13-5-8-15(19)9-6-13/h5-11H,3-4,12H2,1-2H3. The average Bonchev–Trinajstić information content (AvgIpc) is 2.55. The molecule has 2 rings (SSSR count). The van der Waals surface area contributed by atoms with E-state index in [1.165, 1.54) is 12.1 Å². The minimum atomic E-state index is -0.404. The first-order valence-corrected chi connectivity index (χ1v) is 7.45. The van der Waals surface area contributed by atoms with Gasteiger partial charge in [0.15, 0.2) is 11.5 Å². The van der Waals surface area contributed by atoms with E-state index in [1.54, 1.807) is 37.3 Å². The van der Waals surface area contributed by atoms with Crippen LogP contribution in [-0.4, -0.2) is 19.2 Å². The molecule has 4 nitrogen and oxygen atoms in total. The van der Waals surface area contributed by atoms with Crippen molar-refractivity contribution in [2.24, 2.45) is 0 Å². The highest BCUT2D eigenvalue weighted by atomic mass is 19.1. The van der Waals surface area contributed by atoms with Gasteiger partial charge in [-0.1, -0.05) is 12.1 Å². The highest BCUT2D eigenvalue weighted by Gasteiger charge is 2.12. The zero-order valence-electron chi connectivity index (χ0n) is 13.2. The molecule has 0 aliphatic heterocycles. The van der Waals surface area contributed by atoms with Crippen LogP contribution in [0.25, 0.3) is 0 Å². The number of benzene rings is 2. The molecule has 0 radical (unpaired) electrons. The molecule has 0 aromatic heterocycles. The lowest BCUT2D eigenvalue weighted by Gasteiger charge is -2.13. The van der Waals surface area contributed by atoms with Gasteiger partial charge >= 0.3 is 5.97 Å². The SMILES string of the molecule is CCOC(=O)c1ccc(OCc2ccc(F)cc2)c(OCC)c1. The average molecular weight is 318 g/mol. The van der Waals surface area contributed by atoms with Gasteiger partial charge in [0.2, 0.25) is 0 Å². The summed E-state index contributed by atoms with van der Waals surface area (Å²) in [5, 5.41) is 0. The van der Waals surface area contributed by atoms with E-state index >= 15 is 0 Å². The maximum absolute atomic E-state index is 12.9. The Morgan fingerprint density at radius 3 is 2.35 bits per heavy atom. The molecule has 0 fully saturated rings. The first-order valence-electron chi connectivity index (χ1n) is 7.45. The summed E-state index contributed by atoms with van der Waals surface area (Å²) >= 11 is 0. The smallest absolute Gasteiger partial charge is 0.338 e. The lowest BCUT2D eigenvalue weighted by atomic mass is 10.2. The molecule has 5 heteroatoms. The van der Waals surface area contributed by atoms with Crippen LogP contribution in [0.2, 0.25) is 0 Å². The summed E-state index contributed by atoms with van der Waals surface area (Å²) in [6, 6.07) is 11.0. The van der Waals surface area contributed by atoms with Crippen molar-refractivity contribution in [2.45, 2.75) is 20.5 Å². The molecule has 0 saturated heterocycles. The largest absolute Gasteiger partial charge is 0.490 e. The van der Waals surface area contributed by atoms with Gasteiger partial charge in [0.25, 0.3) is 0 Å². The number of carbonyl (C=O) groups excluding carboxylic acids is 1. The molecule has 0 amide bonds. The van der Waals surface area contributed by atoms with Gasteiger partial charge in [-0.05, 0) is 49.7 Å². The van der Waals surface area contributed by atoms with E-state index in [9.17, 15) is 9.18 Å². The van der Waals surface area contributed by atoms with Crippen LogP contribution in [0.1, 0.15) is 29.8 Å². The van der Waals surface area contributed by atoms with Crippen LogP contribution in [0.4, 0.5) is 4.39 Å². The molecule has 122 valence electrons. The fraction of sp³-hybridized carbons (Fsp3) is 0.278. The Kier molecular flexibility index (Phi) is 5.97. The van der Waals surface area contributed by atoms with Crippen molar-refractivity contribution >= 4 is 5.97 Å². The maximum Gasteiger partial charge on any atom is 0.338 e. The molecular weight excluding hydrogens is 299 g/mol. The van der Waals surface area contributed by atoms with Crippen molar-refractivity contribution in [1.82, 2.24) is 0 Å². The van der Waals surface area contributed by atoms with Crippen LogP contribution < -0.4 is 9.47 Å². The van der Waals surface area contributed by atoms with E-state index in [0.29, 0.717) is 30.3 Å². The zero-order valence-corrected chi connectivity index (χ0v) is 13.2. The molecule has 0 atom stereocenters. The highest BCUT2D eigenvalue weighted by Crippen LogP contribution is 2.29. The first-order chi connectivity index (χ1) is 11.1. The third-order valence-electron chi connectivity index (χ3n) is 3.06. The van der Waals surface area contributed by atoms with E-state index in [2.05, 4.69) is 0 Å². The second-order valence-electron chi connectivity index (χ2n) is 4.73. The molecule has 2 aromatic rings. The summed E-state index contributed by atoms with van der Waals surface area (Å²) in [7, 11) is 0. The van der Waals surface area contributed by atoms with Gasteiger partial charge in [0.05, 0.1) is 18.8 Å². The number of carbonyl (C=O) groups is 1. The third kappa shape index (κ3) is 4.71. The molecule has 0 bridgehead atoms. The minimum absolute atomic E-state index is 0.277. The Morgan fingerprint density at radius 1 is 0.957 bits per heavy atom. The van der Waals surface area contributed by atoms with Crippen molar-refractivity contribution in [3.63, 3.8) is 0 Å². The molecule has 0 aliphatic carbocycles. The third-order valence-corrected chi connectivity index (χ3v) is 3.06. The van der Waals surface area contributed by atoms with Crippen LogP contribution in [-0.2, 0) is 11.3 Å². The van der Waals surface area contributed by atoms with Crippen molar-refractivity contribution in [2.75, 3.05) is 13.2 Å². The second kappa shape index (κ2) is 8.17. The number of hydrogen-bond donors (Lipinski definition) is 0. The van der Waals surface area contributed by atoms with Gasteiger partial charge in [-0.2, -0.15) is 0 Å². The van der Waals surface area contributed by atoms with Gasteiger partial charge in [-0.3, -0.25) is 0 Å². The number of rotatable bonds is 7. The summed E-state index contributed by atoms with van der Waals surface area (Å²) in [5.41, 5.74) is 1.24. The summed E-state index contributed by atoms with van der Waals surface area (Å²) in [5.74, 6) is 0.297. The molecule has 0 saturated carbocycles. The zero-order chi connectivity index (χ0) is 16.7. The van der Waals surface area contributed by atoms with Gasteiger partial charge in [0, 0.05) is 0 Å². The molecule has 0 unspecified atom stereocenters. The number of esters is 1. The normalized spacial score (nSPS) is 10.2. The van der Waals surface area contributed by atoms with Crippen molar-refractivity contribution < 1.29 is 23.4 Å². The van der Waals surface area contributed by atoms with Crippen LogP contribution in [0, 0.1) is 5.82 Å². The Bertz CT molecular complexity index is 653. The fourth-order valence-electron chi connectivity index (χ4n) is 1.98. The van der Waals surface area contributed by atoms with Crippen LogP contribution in [0.5, 0.6) is 11.5 Å². The minimum Gasteiger partial charge on any atom is -0.490 e. The van der Waals surface area contributed by atoms with E-state index in [-0.39, 0.29) is 12.4 Å². The Balaban J connectivity index is 2.13. The summed E-state index contributed by atoms with van der Waals surface area (Å²) < 4.78 is 29.1. The molecular formula is C18H19FO4. The Labute approximate surface area is 134 Å². The van der Waals surface area contributed by atoms with E-state index in [0.717, 1.165) is 5.56 Å². The van der Waals surface area contributed by atoms with Gasteiger partial charge in [0.1, 0.15) is 12.4 Å². The molecule has 23 heavy (non-hydrogen) atoms. The predicted octanol–water partition coefficient (Wildman–Crippen LogP) is 3.98. The highest BCUT2D eigenvalue weighted by molar-refractivity contribution is 5.90. The number of ether oxygens (including phenoxy) is 3. The number of halogens is 1. The Morgan fingerprint density at radius 2 is 1.70 bits per heavy atom. The topological polar surface area (TPSA) is 44.8 Å². The lowest BCUT2D eigenvalue weighted by Crippen LogP contribution is -2.06. The number of hydrogen-bond acceptors (Lipinski definition) is 4. The van der Waals surface area contributed by atoms with Gasteiger partial charge < -0.3 is 14.2 Å².